The number of carbonyl (C=O) groups excluding carboxylic acids is 4. The van der Waals surface area contributed by atoms with E-state index in [0.717, 1.165) is 22.4 Å². The highest BCUT2D eigenvalue weighted by atomic mass is 32.2. The monoisotopic (exact) mass is 451 g/mol. The molecular weight excluding hydrogens is 426 g/mol. The number of imide groups is 1. The van der Waals surface area contributed by atoms with Crippen LogP contribution in [0.5, 0.6) is 0 Å². The van der Waals surface area contributed by atoms with Gasteiger partial charge in [0.25, 0.3) is 5.91 Å². The van der Waals surface area contributed by atoms with Crippen molar-refractivity contribution >= 4 is 35.4 Å². The highest BCUT2D eigenvalue weighted by molar-refractivity contribution is 7.99. The lowest BCUT2D eigenvalue weighted by Crippen LogP contribution is -2.52. The van der Waals surface area contributed by atoms with E-state index in [1.165, 1.54) is 9.80 Å². The Kier molecular flexibility index (Phi) is 6.60. The molecule has 1 saturated heterocycles. The molecule has 1 fully saturated rings. The molecule has 2 aromatic rings. The van der Waals surface area contributed by atoms with E-state index in [0.29, 0.717) is 31.5 Å². The van der Waals surface area contributed by atoms with Gasteiger partial charge in [-0.05, 0) is 47.1 Å². The van der Waals surface area contributed by atoms with Crippen LogP contribution < -0.4 is 10.6 Å². The minimum atomic E-state index is -0.627. The Hall–Kier alpha value is -3.13. The van der Waals surface area contributed by atoms with Crippen molar-refractivity contribution in [2.45, 2.75) is 50.2 Å². The number of hydrogen-bond donors (Lipinski definition) is 2. The maximum absolute atomic E-state index is 12.8. The molecule has 2 aliphatic rings. The van der Waals surface area contributed by atoms with Gasteiger partial charge in [-0.15, -0.1) is 11.8 Å². The van der Waals surface area contributed by atoms with Crippen molar-refractivity contribution in [3.63, 3.8) is 0 Å². The second kappa shape index (κ2) is 9.56. The predicted octanol–water partition coefficient (Wildman–Crippen LogP) is 2.42. The molecule has 1 atom stereocenters. The third-order valence-corrected chi connectivity index (χ3v) is 6.57. The lowest BCUT2D eigenvalue weighted by atomic mass is 10.0. The van der Waals surface area contributed by atoms with Gasteiger partial charge in [0.05, 0.1) is 6.42 Å². The summed E-state index contributed by atoms with van der Waals surface area (Å²) in [6, 6.07) is 12.8. The topological polar surface area (TPSA) is 95.6 Å². The van der Waals surface area contributed by atoms with E-state index in [9.17, 15) is 19.2 Å². The number of nitrogens with one attached hydrogen (secondary N) is 2. The molecule has 0 aromatic heterocycles. The van der Waals surface area contributed by atoms with E-state index in [4.69, 9.17) is 0 Å². The molecule has 2 heterocycles. The first-order valence-corrected chi connectivity index (χ1v) is 11.7. The van der Waals surface area contributed by atoms with E-state index in [2.05, 4.69) is 17.6 Å². The largest absolute Gasteiger partial charge is 0.352 e. The van der Waals surface area contributed by atoms with Crippen molar-refractivity contribution < 1.29 is 19.2 Å². The second-order valence-corrected chi connectivity index (χ2v) is 9.26. The summed E-state index contributed by atoms with van der Waals surface area (Å²) < 4.78 is 0. The minimum Gasteiger partial charge on any atom is -0.352 e. The van der Waals surface area contributed by atoms with Crippen LogP contribution in [-0.2, 0) is 33.9 Å². The summed E-state index contributed by atoms with van der Waals surface area (Å²) in [5.74, 6) is 0.0233. The van der Waals surface area contributed by atoms with Crippen LogP contribution in [-0.4, -0.2) is 40.3 Å². The number of hydrogen-bond acceptors (Lipinski definition) is 5. The molecule has 166 valence electrons. The fourth-order valence-corrected chi connectivity index (χ4v) is 4.72. The van der Waals surface area contributed by atoms with Gasteiger partial charge in [0, 0.05) is 30.0 Å². The summed E-state index contributed by atoms with van der Waals surface area (Å²) in [6.45, 7) is 2.79. The molecule has 0 radical (unpaired) electrons. The Bertz CT molecular complexity index is 1070. The van der Waals surface area contributed by atoms with E-state index in [1.807, 2.05) is 36.4 Å². The molecule has 0 saturated carbocycles. The van der Waals surface area contributed by atoms with Gasteiger partial charge >= 0.3 is 0 Å². The van der Waals surface area contributed by atoms with E-state index in [1.54, 1.807) is 17.8 Å². The second-order valence-electron chi connectivity index (χ2n) is 7.92. The molecule has 0 spiro atoms. The number of carbonyl (C=O) groups is 4. The molecule has 2 aromatic carbocycles. The molecular formula is C24H25N3O4S. The van der Waals surface area contributed by atoms with Crippen molar-refractivity contribution in [1.29, 1.82) is 0 Å². The number of fused-ring (bicyclic) bond motifs is 1. The Morgan fingerprint density at radius 3 is 2.59 bits per heavy atom. The first-order chi connectivity index (χ1) is 15.4. The molecule has 1 unspecified atom stereocenters. The van der Waals surface area contributed by atoms with Crippen LogP contribution in [0.25, 0.3) is 0 Å². The van der Waals surface area contributed by atoms with Crippen molar-refractivity contribution in [3.05, 3.63) is 64.7 Å². The first kappa shape index (κ1) is 22.1. The van der Waals surface area contributed by atoms with E-state index in [-0.39, 0.29) is 24.1 Å². The molecule has 4 amide bonds. The molecule has 32 heavy (non-hydrogen) atoms. The lowest BCUT2D eigenvalue weighted by Gasteiger charge is -2.29. The molecule has 2 N–H and O–H groups in total. The zero-order valence-electron chi connectivity index (χ0n) is 17.8. The average Bonchev–Trinajstić information content (AvgIpc) is 3.09. The fraction of sp³-hybridized carbons (Fsp3) is 0.333. The lowest BCUT2D eigenvalue weighted by molar-refractivity contribution is -0.137. The third-order valence-electron chi connectivity index (χ3n) is 5.68. The van der Waals surface area contributed by atoms with Crippen LogP contribution in [0.3, 0.4) is 0 Å². The van der Waals surface area contributed by atoms with Crippen molar-refractivity contribution in [1.82, 2.24) is 15.5 Å². The predicted molar refractivity (Wildman–Crippen MR) is 121 cm³/mol. The van der Waals surface area contributed by atoms with Gasteiger partial charge in [0.15, 0.2) is 0 Å². The van der Waals surface area contributed by atoms with E-state index >= 15 is 0 Å². The Morgan fingerprint density at radius 1 is 1.12 bits per heavy atom. The Balaban J connectivity index is 1.34. The van der Waals surface area contributed by atoms with Gasteiger partial charge in [0.1, 0.15) is 6.04 Å². The van der Waals surface area contributed by atoms with Crippen molar-refractivity contribution in [2.75, 3.05) is 5.75 Å². The summed E-state index contributed by atoms with van der Waals surface area (Å²) in [5, 5.41) is 5.24. The van der Waals surface area contributed by atoms with Crippen molar-refractivity contribution in [2.24, 2.45) is 0 Å². The summed E-state index contributed by atoms with van der Waals surface area (Å²) in [5.41, 5.74) is 3.25. The van der Waals surface area contributed by atoms with Crippen LogP contribution in [0.2, 0.25) is 0 Å². The molecule has 0 aliphatic carbocycles. The van der Waals surface area contributed by atoms with Crippen LogP contribution in [0.15, 0.2) is 47.4 Å². The summed E-state index contributed by atoms with van der Waals surface area (Å²) in [6.07, 6.45) is 0.878. The SMILES string of the molecule is CCSc1ccc(CC(=O)NCc2ccc3c(c2)CN(C2CCC(=O)NC2=O)C3=O)cc1. The summed E-state index contributed by atoms with van der Waals surface area (Å²) >= 11 is 1.76. The third kappa shape index (κ3) is 4.85. The molecule has 2 aliphatic heterocycles. The minimum absolute atomic E-state index is 0.0670. The average molecular weight is 452 g/mol. The van der Waals surface area contributed by atoms with Gasteiger partial charge in [-0.1, -0.05) is 31.2 Å². The fourth-order valence-electron chi connectivity index (χ4n) is 4.06. The van der Waals surface area contributed by atoms with Crippen LogP contribution >= 0.6 is 11.8 Å². The number of nitrogens with zero attached hydrogens (tertiary/aromatic N) is 1. The Morgan fingerprint density at radius 2 is 1.88 bits per heavy atom. The smallest absolute Gasteiger partial charge is 0.255 e. The molecule has 4 rings (SSSR count). The van der Waals surface area contributed by atoms with Gasteiger partial charge in [-0.25, -0.2) is 0 Å². The number of benzene rings is 2. The van der Waals surface area contributed by atoms with Gasteiger partial charge in [-0.2, -0.15) is 0 Å². The normalized spacial score (nSPS) is 17.8. The maximum atomic E-state index is 12.8. The summed E-state index contributed by atoms with van der Waals surface area (Å²) in [4.78, 5) is 51.4. The number of piperidine rings is 1. The summed E-state index contributed by atoms with van der Waals surface area (Å²) in [7, 11) is 0. The zero-order chi connectivity index (χ0) is 22.7. The maximum Gasteiger partial charge on any atom is 0.255 e. The van der Waals surface area contributed by atoms with Gasteiger partial charge < -0.3 is 10.2 Å². The highest BCUT2D eigenvalue weighted by Crippen LogP contribution is 2.28. The van der Waals surface area contributed by atoms with Crippen molar-refractivity contribution in [3.8, 4) is 0 Å². The molecule has 8 heteroatoms. The quantitative estimate of drug-likeness (QED) is 0.498. The number of thioether (sulfide) groups is 1. The highest BCUT2D eigenvalue weighted by Gasteiger charge is 2.39. The molecule has 7 nitrogen and oxygen atoms in total. The van der Waals surface area contributed by atoms with Crippen LogP contribution in [0, 0.1) is 0 Å². The standard InChI is InChI=1S/C24H25N3O4S/c1-2-32-18-6-3-15(4-7-18)12-22(29)25-13-16-5-8-19-17(11-16)14-27(24(19)31)20-9-10-21(28)26-23(20)30/h3-8,11,20H,2,9-10,12-14H2,1H3,(H,25,29)(H,26,28,30). The van der Waals surface area contributed by atoms with Gasteiger partial charge in [0.2, 0.25) is 17.7 Å². The first-order valence-electron chi connectivity index (χ1n) is 10.7. The van der Waals surface area contributed by atoms with E-state index < -0.39 is 11.9 Å². The van der Waals surface area contributed by atoms with Crippen LogP contribution in [0.4, 0.5) is 0 Å². The number of amides is 4. The Labute approximate surface area is 190 Å². The number of rotatable bonds is 7. The van der Waals surface area contributed by atoms with Crippen LogP contribution in [0.1, 0.15) is 46.8 Å². The van der Waals surface area contributed by atoms with Gasteiger partial charge in [-0.3, -0.25) is 24.5 Å². The molecule has 0 bridgehead atoms. The zero-order valence-corrected chi connectivity index (χ0v) is 18.7.